The number of ether oxygens (including phenoxy) is 1. The number of hydrogen-bond donors (Lipinski definition) is 0. The third-order valence-corrected chi connectivity index (χ3v) is 10.7. The molecule has 0 aromatic heterocycles. The molecule has 0 aliphatic carbocycles. The highest BCUT2D eigenvalue weighted by atomic mass is 16.5. The van der Waals surface area contributed by atoms with Crippen molar-refractivity contribution >= 4 is 80.0 Å². The molecule has 9 aromatic rings. The summed E-state index contributed by atoms with van der Waals surface area (Å²) in [5.41, 5.74) is 12.6. The Kier molecular flexibility index (Phi) is 11.7. The zero-order valence-electron chi connectivity index (χ0n) is 33.7. The zero-order valence-corrected chi connectivity index (χ0v) is 33.7. The van der Waals surface area contributed by atoms with Crippen LogP contribution in [0.1, 0.15) is 27.8 Å². The second-order valence-electron chi connectivity index (χ2n) is 14.8. The van der Waals surface area contributed by atoms with Crippen molar-refractivity contribution < 1.29 is 10.2 Å². The number of nitrogens with zero attached hydrogens (tertiary/aromatic N) is 2. The van der Waals surface area contributed by atoms with E-state index in [0.29, 0.717) is 0 Å². The van der Waals surface area contributed by atoms with Gasteiger partial charge in [0.25, 0.3) is 0 Å². The van der Waals surface area contributed by atoms with Crippen molar-refractivity contribution in [1.82, 2.24) is 0 Å². The van der Waals surface area contributed by atoms with Gasteiger partial charge in [-0.05, 0) is 160 Å². The van der Waals surface area contributed by atoms with Crippen LogP contribution in [-0.2, 0) is 0 Å². The molecule has 0 unspecified atom stereocenters. The van der Waals surface area contributed by atoms with Gasteiger partial charge in [-0.25, -0.2) is 0 Å². The molecule has 0 atom stereocenters. The number of aryl methyl sites for hydroxylation is 1. The van der Waals surface area contributed by atoms with Crippen LogP contribution in [0.3, 0.4) is 0 Å². The Morgan fingerprint density at radius 2 is 0.667 bits per heavy atom. The molecule has 4 nitrogen and oxygen atoms in total. The molecule has 0 spiro atoms. The number of methoxy groups -OCH3 is 1. The molecule has 0 amide bonds. The molecule has 2 N–H and O–H groups in total. The predicted molar refractivity (Wildman–Crippen MR) is 256 cm³/mol. The molecule has 292 valence electrons. The van der Waals surface area contributed by atoms with Gasteiger partial charge in [-0.3, -0.25) is 0 Å². The summed E-state index contributed by atoms with van der Waals surface area (Å²) in [6, 6.07) is 73.3. The minimum Gasteiger partial charge on any atom is -0.497 e. The topological polar surface area (TPSA) is 47.2 Å². The Balaban J connectivity index is 0.00000499. The molecule has 0 radical (unpaired) electrons. The van der Waals surface area contributed by atoms with Gasteiger partial charge in [0.2, 0.25) is 0 Å². The van der Waals surface area contributed by atoms with Gasteiger partial charge in [-0.2, -0.15) is 0 Å². The quantitative estimate of drug-likeness (QED) is 0.0970. The lowest BCUT2D eigenvalue weighted by Crippen LogP contribution is -2.09. The smallest absolute Gasteiger partial charge is 0.119 e. The van der Waals surface area contributed by atoms with Gasteiger partial charge in [-0.15, -0.1) is 0 Å². The van der Waals surface area contributed by atoms with Crippen LogP contribution in [0, 0.1) is 6.92 Å². The molecule has 9 rings (SSSR count). The number of hydrogen-bond acceptors (Lipinski definition) is 3. The fourth-order valence-electron chi connectivity index (χ4n) is 7.57. The molecule has 60 heavy (non-hydrogen) atoms. The van der Waals surface area contributed by atoms with E-state index in [1.165, 1.54) is 38.2 Å². The van der Waals surface area contributed by atoms with Gasteiger partial charge >= 0.3 is 0 Å². The summed E-state index contributed by atoms with van der Waals surface area (Å²) in [5.74, 6) is 0.839. The van der Waals surface area contributed by atoms with Gasteiger partial charge in [0.05, 0.1) is 7.11 Å². The highest BCUT2D eigenvalue weighted by Crippen LogP contribution is 2.37. The van der Waals surface area contributed by atoms with Crippen LogP contribution in [0.4, 0.5) is 34.1 Å². The highest BCUT2D eigenvalue weighted by molar-refractivity contribution is 6.00. The molecular formula is C56H46N2O2. The van der Waals surface area contributed by atoms with E-state index in [4.69, 9.17) is 4.74 Å². The number of anilines is 6. The highest BCUT2D eigenvalue weighted by Gasteiger charge is 2.13. The molecule has 0 saturated carbocycles. The van der Waals surface area contributed by atoms with Gasteiger partial charge in [-0.1, -0.05) is 127 Å². The van der Waals surface area contributed by atoms with Gasteiger partial charge in [0.1, 0.15) is 5.75 Å². The monoisotopic (exact) mass is 778 g/mol. The van der Waals surface area contributed by atoms with Crippen molar-refractivity contribution in [2.75, 3.05) is 16.9 Å². The van der Waals surface area contributed by atoms with E-state index < -0.39 is 0 Å². The second-order valence-corrected chi connectivity index (χ2v) is 14.8. The van der Waals surface area contributed by atoms with Crippen LogP contribution < -0.4 is 14.5 Å². The van der Waals surface area contributed by atoms with Crippen molar-refractivity contribution in [2.24, 2.45) is 0 Å². The van der Waals surface area contributed by atoms with E-state index in [0.717, 1.165) is 51.0 Å². The summed E-state index contributed by atoms with van der Waals surface area (Å²) in [5, 5.41) is 4.92. The van der Waals surface area contributed by atoms with E-state index in [1.807, 2.05) is 18.2 Å². The third kappa shape index (κ3) is 8.75. The molecule has 0 aliphatic heterocycles. The van der Waals surface area contributed by atoms with Gasteiger partial charge < -0.3 is 20.0 Å². The summed E-state index contributed by atoms with van der Waals surface area (Å²) < 4.78 is 5.40. The van der Waals surface area contributed by atoms with Crippen LogP contribution in [0.25, 0.3) is 45.8 Å². The molecule has 0 bridgehead atoms. The summed E-state index contributed by atoms with van der Waals surface area (Å²) in [4.78, 5) is 4.55. The van der Waals surface area contributed by atoms with Gasteiger partial charge in [0.15, 0.2) is 0 Å². The van der Waals surface area contributed by atoms with E-state index in [-0.39, 0.29) is 5.48 Å². The second kappa shape index (κ2) is 17.9. The molecular weight excluding hydrogens is 733 g/mol. The summed E-state index contributed by atoms with van der Waals surface area (Å²) >= 11 is 0. The Morgan fingerprint density at radius 3 is 1.07 bits per heavy atom. The molecule has 0 aliphatic rings. The maximum absolute atomic E-state index is 5.40. The largest absolute Gasteiger partial charge is 0.497 e. The fourth-order valence-corrected chi connectivity index (χ4v) is 7.57. The normalized spacial score (nSPS) is 11.2. The average molecular weight is 779 g/mol. The lowest BCUT2D eigenvalue weighted by Gasteiger charge is -2.25. The first-order chi connectivity index (χ1) is 29.1. The van der Waals surface area contributed by atoms with Crippen molar-refractivity contribution in [2.45, 2.75) is 6.92 Å². The van der Waals surface area contributed by atoms with Crippen LogP contribution >= 0.6 is 0 Å². The molecule has 9 aromatic carbocycles. The average Bonchev–Trinajstić information content (AvgIpc) is 3.29. The summed E-state index contributed by atoms with van der Waals surface area (Å²) in [6.07, 6.45) is 8.77. The minimum atomic E-state index is 0. The Labute approximate surface area is 352 Å². The Morgan fingerprint density at radius 1 is 0.333 bits per heavy atom. The van der Waals surface area contributed by atoms with Crippen LogP contribution in [0.2, 0.25) is 0 Å². The van der Waals surface area contributed by atoms with Crippen LogP contribution in [0.5, 0.6) is 5.75 Å². The van der Waals surface area contributed by atoms with Crippen molar-refractivity contribution in [3.05, 3.63) is 234 Å². The Hall–Kier alpha value is -7.66. The van der Waals surface area contributed by atoms with Crippen molar-refractivity contribution in [3.63, 3.8) is 0 Å². The summed E-state index contributed by atoms with van der Waals surface area (Å²) in [6.45, 7) is 2.12. The van der Waals surface area contributed by atoms with Crippen molar-refractivity contribution in [3.8, 4) is 5.75 Å². The van der Waals surface area contributed by atoms with E-state index in [1.54, 1.807) is 7.11 Å². The molecule has 0 heterocycles. The number of rotatable bonds is 11. The van der Waals surface area contributed by atoms with E-state index in [2.05, 4.69) is 229 Å². The number of fused-ring (bicyclic) bond motifs is 2. The van der Waals surface area contributed by atoms with Crippen LogP contribution in [0.15, 0.2) is 206 Å². The fraction of sp³-hybridized carbons (Fsp3) is 0.0357. The SMILES string of the molecule is COc1ccc(N(c2ccccc2)c2ccc(/C=C\c3ccc4cc5cc(/C=C\c6ccc(N(c7ccccc7)c7ccc(C)cc7)cc6)ccc5cc4c3)cc2)cc1.O. The third-order valence-electron chi connectivity index (χ3n) is 10.7. The standard InChI is InChI=1S/C56H44N2O.H2O/c1-41-13-27-52(28-14-41)57(50-9-5-3-6-10-50)53-29-21-42(22-30-53)15-17-44-19-25-46-40-49-38-45(20-26-47(49)39-48(46)37-44)18-16-43-23-31-54(32-24-43)58(51-11-7-4-8-12-51)55-33-35-56(59-2)36-34-55;/h3-40H,1-2H3;1H2/b17-15-,18-16-;. The first kappa shape index (κ1) is 39.2. The van der Waals surface area contributed by atoms with Crippen molar-refractivity contribution in [1.29, 1.82) is 0 Å². The lowest BCUT2D eigenvalue weighted by molar-refractivity contribution is 0.415. The predicted octanol–water partition coefficient (Wildman–Crippen LogP) is 14.8. The maximum atomic E-state index is 5.40. The molecule has 0 fully saturated rings. The molecule has 4 heteroatoms. The number of benzene rings is 9. The lowest BCUT2D eigenvalue weighted by atomic mass is 9.99. The first-order valence-corrected chi connectivity index (χ1v) is 20.0. The van der Waals surface area contributed by atoms with E-state index >= 15 is 0 Å². The zero-order chi connectivity index (χ0) is 40.0. The van der Waals surface area contributed by atoms with Gasteiger partial charge in [0, 0.05) is 34.1 Å². The number of para-hydroxylation sites is 2. The maximum Gasteiger partial charge on any atom is 0.119 e. The van der Waals surface area contributed by atoms with E-state index in [9.17, 15) is 0 Å². The first-order valence-electron chi connectivity index (χ1n) is 20.0. The Bertz CT molecular complexity index is 2890. The molecule has 0 saturated heterocycles. The summed E-state index contributed by atoms with van der Waals surface area (Å²) in [7, 11) is 1.69. The van der Waals surface area contributed by atoms with Crippen LogP contribution in [-0.4, -0.2) is 12.6 Å². The minimum absolute atomic E-state index is 0.